The van der Waals surface area contributed by atoms with Crippen molar-refractivity contribution in [2.75, 3.05) is 19.8 Å². The second kappa shape index (κ2) is 10.9. The van der Waals surface area contributed by atoms with Gasteiger partial charge >= 0.3 is 11.9 Å². The van der Waals surface area contributed by atoms with Gasteiger partial charge in [-0.3, -0.25) is 14.4 Å². The average Bonchev–Trinajstić information content (AvgIpc) is 2.70. The number of rotatable bonds is 9. The Morgan fingerprint density at radius 1 is 1.03 bits per heavy atom. The Labute approximate surface area is 190 Å². The summed E-state index contributed by atoms with van der Waals surface area (Å²) in [4.78, 5) is 39.2. The lowest BCUT2D eigenvalue weighted by Crippen LogP contribution is -2.55. The van der Waals surface area contributed by atoms with Crippen molar-refractivity contribution in [3.05, 3.63) is 29.8 Å². The van der Waals surface area contributed by atoms with Gasteiger partial charge in [-0.05, 0) is 43.4 Å². The average molecular weight is 449 g/mol. The number of ether oxygens (including phenoxy) is 3. The van der Waals surface area contributed by atoms with E-state index in [1.165, 1.54) is 6.92 Å². The van der Waals surface area contributed by atoms with E-state index in [0.717, 1.165) is 0 Å². The summed E-state index contributed by atoms with van der Waals surface area (Å²) in [6.45, 7) is 11.8. The van der Waals surface area contributed by atoms with Crippen molar-refractivity contribution in [1.29, 1.82) is 0 Å². The summed E-state index contributed by atoms with van der Waals surface area (Å²) in [6.07, 6.45) is -0.330. The summed E-state index contributed by atoms with van der Waals surface area (Å²) in [6, 6.07) is 6.88. The van der Waals surface area contributed by atoms with Gasteiger partial charge < -0.3 is 19.3 Å². The minimum atomic E-state index is -1.66. The van der Waals surface area contributed by atoms with Gasteiger partial charge in [-0.25, -0.2) is 0 Å². The van der Waals surface area contributed by atoms with Crippen LogP contribution in [0.25, 0.3) is 0 Å². The minimum Gasteiger partial charge on any atom is -0.494 e. The summed E-state index contributed by atoms with van der Waals surface area (Å²) in [7, 11) is 0. The van der Waals surface area contributed by atoms with Crippen LogP contribution in [0.5, 0.6) is 5.75 Å². The Bertz CT molecular complexity index is 795. The van der Waals surface area contributed by atoms with E-state index in [2.05, 4.69) is 0 Å². The first-order chi connectivity index (χ1) is 15.0. The molecular weight excluding hydrogens is 412 g/mol. The molecule has 0 amide bonds. The fourth-order valence-electron chi connectivity index (χ4n) is 4.05. The molecule has 0 bridgehead atoms. The Morgan fingerprint density at radius 2 is 1.56 bits per heavy atom. The van der Waals surface area contributed by atoms with Gasteiger partial charge in [0.15, 0.2) is 5.78 Å². The largest absolute Gasteiger partial charge is 0.494 e. The highest BCUT2D eigenvalue weighted by Gasteiger charge is 2.57. The molecule has 1 aromatic carbocycles. The first-order valence-electron chi connectivity index (χ1n) is 11.3. The van der Waals surface area contributed by atoms with Gasteiger partial charge in [-0.1, -0.05) is 39.8 Å². The van der Waals surface area contributed by atoms with Crippen molar-refractivity contribution in [3.63, 3.8) is 0 Å². The molecule has 0 radical (unpaired) electrons. The molecule has 1 N–H and O–H groups in total. The molecule has 1 fully saturated rings. The fourth-order valence-corrected chi connectivity index (χ4v) is 4.05. The second-order valence-corrected chi connectivity index (χ2v) is 9.53. The fraction of sp³-hybridized carbons (Fsp3) is 0.640. The lowest BCUT2D eigenvalue weighted by Gasteiger charge is -2.43. The molecular formula is C25H36O7. The van der Waals surface area contributed by atoms with E-state index < -0.39 is 41.1 Å². The number of Topliss-reactive ketones (excluding diaryl/α,β-unsaturated/α-hetero) is 1. The molecule has 1 saturated carbocycles. The highest BCUT2D eigenvalue weighted by atomic mass is 16.5. The van der Waals surface area contributed by atoms with Crippen molar-refractivity contribution in [2.24, 2.45) is 23.7 Å². The molecule has 0 saturated heterocycles. The summed E-state index contributed by atoms with van der Waals surface area (Å²) < 4.78 is 16.4. The summed E-state index contributed by atoms with van der Waals surface area (Å²) in [5.41, 5.74) is -1.09. The van der Waals surface area contributed by atoms with E-state index in [1.54, 1.807) is 24.3 Å². The van der Waals surface area contributed by atoms with Gasteiger partial charge in [0, 0.05) is 12.3 Å². The molecule has 178 valence electrons. The van der Waals surface area contributed by atoms with E-state index in [1.807, 2.05) is 34.6 Å². The third kappa shape index (κ3) is 6.31. The van der Waals surface area contributed by atoms with Crippen molar-refractivity contribution >= 4 is 17.7 Å². The van der Waals surface area contributed by atoms with E-state index >= 15 is 0 Å². The van der Waals surface area contributed by atoms with Crippen LogP contribution in [0.1, 0.15) is 59.4 Å². The maximum absolute atomic E-state index is 13.1. The van der Waals surface area contributed by atoms with Crippen molar-refractivity contribution in [2.45, 2.75) is 59.5 Å². The first kappa shape index (κ1) is 25.8. The molecule has 1 aromatic rings. The smallest absolute Gasteiger partial charge is 0.317 e. The molecule has 1 aliphatic rings. The lowest BCUT2D eigenvalue weighted by molar-refractivity contribution is -0.173. The van der Waals surface area contributed by atoms with Crippen molar-refractivity contribution in [3.8, 4) is 5.75 Å². The maximum atomic E-state index is 13.1. The zero-order chi connectivity index (χ0) is 24.1. The van der Waals surface area contributed by atoms with Crippen LogP contribution in [0.15, 0.2) is 24.3 Å². The molecule has 0 aromatic heterocycles. The topological polar surface area (TPSA) is 99.1 Å². The quantitative estimate of drug-likeness (QED) is 0.456. The lowest BCUT2D eigenvalue weighted by atomic mass is 9.61. The second-order valence-electron chi connectivity index (χ2n) is 9.53. The number of hydrogen-bond acceptors (Lipinski definition) is 7. The minimum absolute atomic E-state index is 0.0940. The number of aliphatic hydroxyl groups is 1. The molecule has 4 atom stereocenters. The number of hydrogen-bond donors (Lipinski definition) is 1. The van der Waals surface area contributed by atoms with E-state index in [-0.39, 0.29) is 31.5 Å². The zero-order valence-corrected chi connectivity index (χ0v) is 19.9. The third-order valence-corrected chi connectivity index (χ3v) is 5.47. The molecule has 0 spiro atoms. The van der Waals surface area contributed by atoms with Crippen LogP contribution in [-0.4, -0.2) is 48.3 Å². The summed E-state index contributed by atoms with van der Waals surface area (Å²) in [5, 5.41) is 11.1. The predicted octanol–water partition coefficient (Wildman–Crippen LogP) is 3.52. The van der Waals surface area contributed by atoms with Crippen LogP contribution in [0.3, 0.4) is 0 Å². The molecule has 1 aliphatic carbocycles. The Balaban J connectivity index is 2.51. The molecule has 0 aliphatic heterocycles. The SMILES string of the molecule is CCOc1ccc([C@@H]2[C@@H](C(=O)OCC(C)C)C(=O)C[C@@](C)(O)[C@@H]2C(=O)OCC(C)C)cc1. The first-order valence-corrected chi connectivity index (χ1v) is 11.3. The van der Waals surface area contributed by atoms with Crippen LogP contribution in [0.4, 0.5) is 0 Å². The Kier molecular flexibility index (Phi) is 8.84. The van der Waals surface area contributed by atoms with E-state index in [0.29, 0.717) is 17.9 Å². The van der Waals surface area contributed by atoms with Gasteiger partial charge in [0.05, 0.1) is 31.3 Å². The monoisotopic (exact) mass is 448 g/mol. The maximum Gasteiger partial charge on any atom is 0.317 e. The Hall–Kier alpha value is -2.41. The van der Waals surface area contributed by atoms with Crippen LogP contribution in [0.2, 0.25) is 0 Å². The molecule has 0 heterocycles. The van der Waals surface area contributed by atoms with E-state index in [4.69, 9.17) is 14.2 Å². The zero-order valence-electron chi connectivity index (χ0n) is 19.9. The highest BCUT2D eigenvalue weighted by Crippen LogP contribution is 2.47. The van der Waals surface area contributed by atoms with Crippen molar-refractivity contribution in [1.82, 2.24) is 0 Å². The van der Waals surface area contributed by atoms with Crippen LogP contribution < -0.4 is 4.74 Å². The Morgan fingerprint density at radius 3 is 2.06 bits per heavy atom. The molecule has 2 rings (SSSR count). The number of ketones is 1. The standard InChI is InChI=1S/C25H36O7/c1-7-30-18-10-8-17(9-11-18)20-21(23(27)31-13-15(2)3)19(26)12-25(6,29)22(20)24(28)32-14-16(4)5/h8-11,15-16,20-22,29H,7,12-14H2,1-6H3/t20-,21+,22+,25-/m1/s1. The van der Waals surface area contributed by atoms with Crippen molar-refractivity contribution < 1.29 is 33.7 Å². The van der Waals surface area contributed by atoms with Gasteiger partial charge in [-0.2, -0.15) is 0 Å². The summed E-state index contributed by atoms with van der Waals surface area (Å²) in [5.74, 6) is -4.16. The van der Waals surface area contributed by atoms with Crippen LogP contribution in [-0.2, 0) is 23.9 Å². The number of esters is 2. The summed E-state index contributed by atoms with van der Waals surface area (Å²) >= 11 is 0. The van der Waals surface area contributed by atoms with Gasteiger partial charge in [-0.15, -0.1) is 0 Å². The third-order valence-electron chi connectivity index (χ3n) is 5.47. The number of carbonyl (C=O) groups excluding carboxylic acids is 3. The van der Waals surface area contributed by atoms with Gasteiger partial charge in [0.25, 0.3) is 0 Å². The number of carbonyl (C=O) groups is 3. The van der Waals surface area contributed by atoms with E-state index in [9.17, 15) is 19.5 Å². The number of benzene rings is 1. The van der Waals surface area contributed by atoms with Crippen LogP contribution in [0, 0.1) is 23.7 Å². The molecule has 32 heavy (non-hydrogen) atoms. The predicted molar refractivity (Wildman–Crippen MR) is 119 cm³/mol. The molecule has 7 nitrogen and oxygen atoms in total. The molecule has 0 unspecified atom stereocenters. The van der Waals surface area contributed by atoms with Gasteiger partial charge in [0.1, 0.15) is 11.7 Å². The van der Waals surface area contributed by atoms with Gasteiger partial charge in [0.2, 0.25) is 0 Å². The van der Waals surface area contributed by atoms with Crippen LogP contribution >= 0.6 is 0 Å². The highest BCUT2D eigenvalue weighted by molar-refractivity contribution is 6.02. The molecule has 7 heteroatoms. The normalized spacial score (nSPS) is 25.7.